The maximum atomic E-state index is 9.48. The molecule has 5 nitrogen and oxygen atoms in total. The summed E-state index contributed by atoms with van der Waals surface area (Å²) < 4.78 is 5.38. The van der Waals surface area contributed by atoms with Crippen molar-refractivity contribution in [3.63, 3.8) is 0 Å². The minimum atomic E-state index is 0.303. The Hall–Kier alpha value is -2.45. The van der Waals surface area contributed by atoms with E-state index in [1.54, 1.807) is 6.20 Å². The number of hydrogen-bond donors (Lipinski definition) is 1. The molecule has 0 unspecified atom stereocenters. The van der Waals surface area contributed by atoms with E-state index in [0.717, 1.165) is 48.6 Å². The zero-order valence-electron chi connectivity index (χ0n) is 12.5. The second kappa shape index (κ2) is 6.12. The second-order valence-electron chi connectivity index (χ2n) is 5.56. The van der Waals surface area contributed by atoms with Crippen molar-refractivity contribution in [1.82, 2.24) is 9.97 Å². The van der Waals surface area contributed by atoms with Gasteiger partial charge in [0.25, 0.3) is 0 Å². The monoisotopic (exact) mass is 294 g/mol. The number of pyridine rings is 2. The third kappa shape index (κ3) is 2.78. The van der Waals surface area contributed by atoms with Gasteiger partial charge in [0.15, 0.2) is 0 Å². The molecule has 1 fully saturated rings. The van der Waals surface area contributed by atoms with Crippen LogP contribution in [-0.4, -0.2) is 23.2 Å². The van der Waals surface area contributed by atoms with Gasteiger partial charge in [-0.3, -0.25) is 9.97 Å². The van der Waals surface area contributed by atoms with Gasteiger partial charge in [-0.05, 0) is 31.9 Å². The van der Waals surface area contributed by atoms with Crippen LogP contribution in [0.3, 0.4) is 0 Å². The molecule has 0 amide bonds. The molecule has 1 aliphatic heterocycles. The minimum Gasteiger partial charge on any atom is -0.397 e. The molecule has 3 rings (SSSR count). The summed E-state index contributed by atoms with van der Waals surface area (Å²) in [6, 6.07) is 6.04. The molecule has 1 aliphatic rings. The molecule has 1 saturated heterocycles. The number of nitrogens with zero attached hydrogens (tertiary/aromatic N) is 3. The molecule has 2 aromatic rings. The molecule has 0 radical (unpaired) electrons. The lowest BCUT2D eigenvalue weighted by Gasteiger charge is -2.22. The molecular formula is C17H18N4O. The predicted molar refractivity (Wildman–Crippen MR) is 84.1 cm³/mol. The van der Waals surface area contributed by atoms with Crippen LogP contribution in [0.15, 0.2) is 24.5 Å². The number of aromatic nitrogens is 2. The topological polar surface area (TPSA) is 84.8 Å². The van der Waals surface area contributed by atoms with Crippen molar-refractivity contribution in [2.24, 2.45) is 0 Å². The number of anilines is 1. The summed E-state index contributed by atoms with van der Waals surface area (Å²) >= 11 is 0. The lowest BCUT2D eigenvalue weighted by atomic mass is 9.91. The van der Waals surface area contributed by atoms with Crippen LogP contribution in [0, 0.1) is 18.3 Å². The normalized spacial score (nSPS) is 15.5. The Morgan fingerprint density at radius 2 is 2.00 bits per heavy atom. The summed E-state index contributed by atoms with van der Waals surface area (Å²) in [7, 11) is 0. The van der Waals surface area contributed by atoms with E-state index in [0.29, 0.717) is 17.2 Å². The van der Waals surface area contributed by atoms with E-state index < -0.39 is 0 Å². The highest BCUT2D eigenvalue weighted by molar-refractivity contribution is 5.69. The first kappa shape index (κ1) is 14.5. The van der Waals surface area contributed by atoms with Crippen molar-refractivity contribution in [2.75, 3.05) is 18.9 Å². The first-order chi connectivity index (χ1) is 10.7. The van der Waals surface area contributed by atoms with Gasteiger partial charge >= 0.3 is 0 Å². The van der Waals surface area contributed by atoms with E-state index in [-0.39, 0.29) is 0 Å². The average Bonchev–Trinajstić information content (AvgIpc) is 2.57. The number of aryl methyl sites for hydroxylation is 1. The van der Waals surface area contributed by atoms with Crippen molar-refractivity contribution in [2.45, 2.75) is 25.7 Å². The predicted octanol–water partition coefficient (Wildman–Crippen LogP) is 2.80. The molecule has 0 spiro atoms. The summed E-state index contributed by atoms with van der Waals surface area (Å²) in [4.78, 5) is 8.84. The molecule has 3 heterocycles. The number of nitrogen functional groups attached to an aromatic ring is 1. The van der Waals surface area contributed by atoms with Crippen LogP contribution in [0.25, 0.3) is 11.1 Å². The van der Waals surface area contributed by atoms with Gasteiger partial charge in [0.1, 0.15) is 6.07 Å². The number of nitrogens with two attached hydrogens (primary N) is 1. The molecular weight excluding hydrogens is 276 g/mol. The summed E-state index contributed by atoms with van der Waals surface area (Å²) in [6.45, 7) is 3.39. The lowest BCUT2D eigenvalue weighted by molar-refractivity contribution is 0.0844. The van der Waals surface area contributed by atoms with Crippen LogP contribution in [0.4, 0.5) is 5.69 Å². The molecule has 2 aromatic heterocycles. The third-order valence-electron chi connectivity index (χ3n) is 4.07. The quantitative estimate of drug-likeness (QED) is 0.920. The van der Waals surface area contributed by atoms with Crippen molar-refractivity contribution in [1.29, 1.82) is 5.26 Å². The third-order valence-corrected chi connectivity index (χ3v) is 4.07. The summed E-state index contributed by atoms with van der Waals surface area (Å²) in [5.41, 5.74) is 10.6. The van der Waals surface area contributed by atoms with E-state index in [1.165, 1.54) is 0 Å². The molecule has 0 bridgehead atoms. The lowest BCUT2D eigenvalue weighted by Crippen LogP contribution is -2.16. The van der Waals surface area contributed by atoms with Gasteiger partial charge in [-0.1, -0.05) is 0 Å². The maximum Gasteiger partial charge on any atom is 0.101 e. The van der Waals surface area contributed by atoms with E-state index in [4.69, 9.17) is 10.5 Å². The highest BCUT2D eigenvalue weighted by atomic mass is 16.5. The van der Waals surface area contributed by atoms with Crippen LogP contribution < -0.4 is 5.73 Å². The molecule has 0 saturated carbocycles. The Balaban J connectivity index is 2.01. The number of nitriles is 1. The fraction of sp³-hybridized carbons (Fsp3) is 0.353. The van der Waals surface area contributed by atoms with Gasteiger partial charge in [0.2, 0.25) is 0 Å². The Bertz CT molecular complexity index is 730. The standard InChI is InChI=1S/C17H18N4O/c1-11-16(7-15(19)10-20-11)14-6-13(8-18)17(21-9-14)12-2-4-22-5-3-12/h6-7,9-10,12H,2-5,19H2,1H3. The van der Waals surface area contributed by atoms with Crippen LogP contribution in [0.1, 0.15) is 35.7 Å². The first-order valence-corrected chi connectivity index (χ1v) is 7.39. The second-order valence-corrected chi connectivity index (χ2v) is 5.56. The molecule has 2 N–H and O–H groups in total. The molecule has 22 heavy (non-hydrogen) atoms. The summed E-state index contributed by atoms with van der Waals surface area (Å²) in [5.74, 6) is 0.303. The smallest absolute Gasteiger partial charge is 0.101 e. The maximum absolute atomic E-state index is 9.48. The van der Waals surface area contributed by atoms with Crippen LogP contribution in [0.2, 0.25) is 0 Å². The molecule has 0 atom stereocenters. The zero-order chi connectivity index (χ0) is 15.5. The van der Waals surface area contributed by atoms with Crippen molar-refractivity contribution >= 4 is 5.69 Å². The number of hydrogen-bond acceptors (Lipinski definition) is 5. The minimum absolute atomic E-state index is 0.303. The molecule has 0 aromatic carbocycles. The van der Waals surface area contributed by atoms with E-state index in [2.05, 4.69) is 16.0 Å². The fourth-order valence-electron chi connectivity index (χ4n) is 2.85. The van der Waals surface area contributed by atoms with E-state index >= 15 is 0 Å². The Morgan fingerprint density at radius 3 is 2.73 bits per heavy atom. The van der Waals surface area contributed by atoms with Gasteiger partial charge in [-0.2, -0.15) is 5.26 Å². The van der Waals surface area contributed by atoms with Gasteiger partial charge in [0.05, 0.1) is 23.1 Å². The summed E-state index contributed by atoms with van der Waals surface area (Å²) in [6.07, 6.45) is 5.28. The van der Waals surface area contributed by atoms with Crippen LogP contribution in [0.5, 0.6) is 0 Å². The molecule has 112 valence electrons. The van der Waals surface area contributed by atoms with E-state index in [9.17, 15) is 5.26 Å². The fourth-order valence-corrected chi connectivity index (χ4v) is 2.85. The van der Waals surface area contributed by atoms with Gasteiger partial charge in [-0.25, -0.2) is 0 Å². The van der Waals surface area contributed by atoms with Crippen molar-refractivity contribution in [3.8, 4) is 17.2 Å². The SMILES string of the molecule is Cc1ncc(N)cc1-c1cnc(C2CCOCC2)c(C#N)c1. The average molecular weight is 294 g/mol. The summed E-state index contributed by atoms with van der Waals surface area (Å²) in [5, 5.41) is 9.48. The first-order valence-electron chi connectivity index (χ1n) is 7.39. The largest absolute Gasteiger partial charge is 0.397 e. The van der Waals surface area contributed by atoms with Gasteiger partial charge in [-0.15, -0.1) is 0 Å². The van der Waals surface area contributed by atoms with Crippen LogP contribution >= 0.6 is 0 Å². The van der Waals surface area contributed by atoms with E-state index in [1.807, 2.05) is 25.3 Å². The Kier molecular flexibility index (Phi) is 4.03. The van der Waals surface area contributed by atoms with Crippen molar-refractivity contribution in [3.05, 3.63) is 41.5 Å². The highest BCUT2D eigenvalue weighted by Crippen LogP contribution is 2.31. The highest BCUT2D eigenvalue weighted by Gasteiger charge is 2.21. The number of ether oxygens (including phenoxy) is 1. The number of rotatable bonds is 2. The zero-order valence-corrected chi connectivity index (χ0v) is 12.5. The van der Waals surface area contributed by atoms with Gasteiger partial charge < -0.3 is 10.5 Å². The molecule has 5 heteroatoms. The van der Waals surface area contributed by atoms with Crippen LogP contribution in [-0.2, 0) is 4.74 Å². The van der Waals surface area contributed by atoms with Gasteiger partial charge in [0, 0.05) is 42.1 Å². The Labute approximate surface area is 129 Å². The molecule has 0 aliphatic carbocycles. The Morgan fingerprint density at radius 1 is 1.23 bits per heavy atom. The van der Waals surface area contributed by atoms with Crippen molar-refractivity contribution < 1.29 is 4.74 Å².